The van der Waals surface area contributed by atoms with Gasteiger partial charge in [0.2, 0.25) is 5.91 Å². The van der Waals surface area contributed by atoms with Gasteiger partial charge in [-0.15, -0.1) is 0 Å². The molecule has 0 radical (unpaired) electrons. The molecule has 3 aromatic rings. The average Bonchev–Trinajstić information content (AvgIpc) is 3.02. The molecule has 0 saturated heterocycles. The maximum absolute atomic E-state index is 12.4. The Morgan fingerprint density at radius 1 is 1.21 bits per heavy atom. The first kappa shape index (κ1) is 15.0. The van der Waals surface area contributed by atoms with Gasteiger partial charge in [0.15, 0.2) is 11.4 Å². The maximum Gasteiger partial charge on any atom is 0.257 e. The fourth-order valence-electron chi connectivity index (χ4n) is 2.68. The van der Waals surface area contributed by atoms with Gasteiger partial charge >= 0.3 is 0 Å². The Labute approximate surface area is 142 Å². The zero-order valence-corrected chi connectivity index (χ0v) is 13.6. The summed E-state index contributed by atoms with van der Waals surface area (Å²) in [7, 11) is 0. The Bertz CT molecular complexity index is 915. The zero-order valence-electron chi connectivity index (χ0n) is 12.7. The Hall–Kier alpha value is -2.60. The lowest BCUT2D eigenvalue weighted by molar-refractivity contribution is -0.116. The second kappa shape index (κ2) is 6.13. The molecule has 0 spiro atoms. The van der Waals surface area contributed by atoms with Gasteiger partial charge in [-0.25, -0.2) is 4.98 Å². The minimum atomic E-state index is 0.0157. The number of fused-ring (bicyclic) bond motifs is 2. The quantitative estimate of drug-likeness (QED) is 0.580. The number of amides is 1. The highest BCUT2D eigenvalue weighted by Crippen LogP contribution is 2.26. The third-order valence-electron chi connectivity index (χ3n) is 3.92. The molecule has 5 nitrogen and oxygen atoms in total. The number of nitrogens with zero attached hydrogens (tertiary/aromatic N) is 1. The first-order chi connectivity index (χ1) is 11.7. The number of carbonyl (C=O) groups is 2. The fraction of sp³-hybridized carbons (Fsp3) is 0.167. The Morgan fingerprint density at radius 3 is 2.96 bits per heavy atom. The molecule has 0 aliphatic carbocycles. The lowest BCUT2D eigenvalue weighted by Crippen LogP contribution is -2.19. The topological polar surface area (TPSA) is 72.2 Å². The van der Waals surface area contributed by atoms with E-state index in [0.717, 1.165) is 22.4 Å². The number of para-hydroxylation sites is 2. The van der Waals surface area contributed by atoms with E-state index >= 15 is 0 Å². The summed E-state index contributed by atoms with van der Waals surface area (Å²) >= 11 is 1.29. The molecule has 1 N–H and O–H groups in total. The normalized spacial score (nSPS) is 13.6. The molecule has 2 heterocycles. The molecule has 120 valence electrons. The van der Waals surface area contributed by atoms with Crippen molar-refractivity contribution in [3.05, 3.63) is 53.6 Å². The van der Waals surface area contributed by atoms with Crippen LogP contribution in [0.2, 0.25) is 0 Å². The highest BCUT2D eigenvalue weighted by atomic mass is 32.2. The van der Waals surface area contributed by atoms with Crippen molar-refractivity contribution >= 4 is 40.2 Å². The van der Waals surface area contributed by atoms with Gasteiger partial charge < -0.3 is 9.73 Å². The first-order valence-electron chi connectivity index (χ1n) is 7.63. The number of hydrogen-bond acceptors (Lipinski definition) is 5. The third-order valence-corrected chi connectivity index (χ3v) is 4.75. The van der Waals surface area contributed by atoms with E-state index in [0.29, 0.717) is 23.6 Å². The number of rotatable bonds is 4. The smallest absolute Gasteiger partial charge is 0.257 e. The van der Waals surface area contributed by atoms with E-state index in [2.05, 4.69) is 10.3 Å². The number of anilines is 1. The molecule has 4 rings (SSSR count). The summed E-state index contributed by atoms with van der Waals surface area (Å²) in [6.07, 6.45) is 1.13. The van der Waals surface area contributed by atoms with E-state index in [4.69, 9.17) is 4.42 Å². The molecule has 0 saturated carbocycles. The molecule has 1 aromatic heterocycles. The van der Waals surface area contributed by atoms with E-state index in [1.54, 1.807) is 12.1 Å². The molecule has 0 unspecified atom stereocenters. The van der Waals surface area contributed by atoms with Crippen molar-refractivity contribution in [3.63, 3.8) is 0 Å². The Balaban J connectivity index is 1.47. The molecular formula is C18H14N2O3S. The maximum atomic E-state index is 12.4. The number of aryl methyl sites for hydroxylation is 1. The second-order valence-corrected chi connectivity index (χ2v) is 6.51. The summed E-state index contributed by atoms with van der Waals surface area (Å²) in [5.74, 6) is 0.299. The standard InChI is InChI=1S/C18H14N2O3S/c21-15(10-24-18-20-14-3-1-2-4-16(14)23-18)12-5-7-13-11(9-12)6-8-17(22)19-13/h1-5,7,9H,6,8,10H2,(H,19,22). The van der Waals surface area contributed by atoms with Gasteiger partial charge in [0.05, 0.1) is 5.75 Å². The van der Waals surface area contributed by atoms with Gasteiger partial charge in [0.25, 0.3) is 5.22 Å². The van der Waals surface area contributed by atoms with Crippen molar-refractivity contribution < 1.29 is 14.0 Å². The van der Waals surface area contributed by atoms with Crippen molar-refractivity contribution in [2.45, 2.75) is 18.1 Å². The highest BCUT2D eigenvalue weighted by Gasteiger charge is 2.17. The molecule has 0 bridgehead atoms. The fourth-order valence-corrected chi connectivity index (χ4v) is 3.41. The number of Topliss-reactive ketones (excluding diaryl/α,β-unsaturated/α-hetero) is 1. The summed E-state index contributed by atoms with van der Waals surface area (Å²) < 4.78 is 5.61. The summed E-state index contributed by atoms with van der Waals surface area (Å²) in [4.78, 5) is 28.1. The van der Waals surface area contributed by atoms with Gasteiger partial charge in [-0.2, -0.15) is 0 Å². The van der Waals surface area contributed by atoms with Crippen molar-refractivity contribution in [2.24, 2.45) is 0 Å². The van der Waals surface area contributed by atoms with Crippen LogP contribution in [0.5, 0.6) is 0 Å². The molecule has 2 aromatic carbocycles. The largest absolute Gasteiger partial charge is 0.431 e. The predicted molar refractivity (Wildman–Crippen MR) is 92.5 cm³/mol. The van der Waals surface area contributed by atoms with Gasteiger partial charge in [0, 0.05) is 17.7 Å². The number of carbonyl (C=O) groups excluding carboxylic acids is 2. The van der Waals surface area contributed by atoms with Crippen LogP contribution >= 0.6 is 11.8 Å². The number of nitrogens with one attached hydrogen (secondary N) is 1. The number of benzene rings is 2. The predicted octanol–water partition coefficient (Wildman–Crippen LogP) is 3.69. The number of thioether (sulfide) groups is 1. The summed E-state index contributed by atoms with van der Waals surface area (Å²) in [6, 6.07) is 12.9. The second-order valence-electron chi connectivity index (χ2n) is 5.58. The minimum absolute atomic E-state index is 0.0157. The van der Waals surface area contributed by atoms with Crippen LogP contribution < -0.4 is 5.32 Å². The van der Waals surface area contributed by atoms with Crippen molar-refractivity contribution in [1.29, 1.82) is 0 Å². The van der Waals surface area contributed by atoms with E-state index in [-0.39, 0.29) is 17.4 Å². The van der Waals surface area contributed by atoms with E-state index < -0.39 is 0 Å². The van der Waals surface area contributed by atoms with E-state index in [1.165, 1.54) is 11.8 Å². The van der Waals surface area contributed by atoms with Crippen LogP contribution in [0.15, 0.2) is 52.1 Å². The Morgan fingerprint density at radius 2 is 2.08 bits per heavy atom. The summed E-state index contributed by atoms with van der Waals surface area (Å²) in [6.45, 7) is 0. The van der Waals surface area contributed by atoms with Crippen LogP contribution in [-0.4, -0.2) is 22.4 Å². The van der Waals surface area contributed by atoms with Crippen LogP contribution in [0.25, 0.3) is 11.1 Å². The molecule has 0 atom stereocenters. The lowest BCUT2D eigenvalue weighted by atomic mass is 9.99. The zero-order chi connectivity index (χ0) is 16.5. The van der Waals surface area contributed by atoms with Crippen molar-refractivity contribution in [1.82, 2.24) is 4.98 Å². The molecular weight excluding hydrogens is 324 g/mol. The molecule has 1 aliphatic rings. The molecule has 24 heavy (non-hydrogen) atoms. The Kier molecular flexibility index (Phi) is 3.82. The van der Waals surface area contributed by atoms with Gasteiger partial charge in [-0.1, -0.05) is 23.9 Å². The van der Waals surface area contributed by atoms with Crippen LogP contribution in [0.3, 0.4) is 0 Å². The van der Waals surface area contributed by atoms with Crippen LogP contribution in [0.1, 0.15) is 22.3 Å². The third kappa shape index (κ3) is 2.92. The number of aromatic nitrogens is 1. The summed E-state index contributed by atoms with van der Waals surface area (Å²) in [5, 5.41) is 3.31. The minimum Gasteiger partial charge on any atom is -0.431 e. The van der Waals surface area contributed by atoms with Crippen molar-refractivity contribution in [2.75, 3.05) is 11.1 Å². The van der Waals surface area contributed by atoms with Crippen LogP contribution in [0, 0.1) is 0 Å². The number of ketones is 1. The van der Waals surface area contributed by atoms with Crippen LogP contribution in [0.4, 0.5) is 5.69 Å². The average molecular weight is 338 g/mol. The molecule has 0 fully saturated rings. The SMILES string of the molecule is O=C1CCc2cc(C(=O)CSc3nc4ccccc4o3)ccc2N1. The summed E-state index contributed by atoms with van der Waals surface area (Å²) in [5.41, 5.74) is 3.96. The molecule has 1 aliphatic heterocycles. The van der Waals surface area contributed by atoms with E-state index in [9.17, 15) is 9.59 Å². The van der Waals surface area contributed by atoms with Crippen molar-refractivity contribution in [3.8, 4) is 0 Å². The first-order valence-corrected chi connectivity index (χ1v) is 8.62. The number of hydrogen-bond donors (Lipinski definition) is 1. The molecule has 6 heteroatoms. The lowest BCUT2D eigenvalue weighted by Gasteiger charge is -2.17. The van der Waals surface area contributed by atoms with E-state index in [1.807, 2.05) is 30.3 Å². The van der Waals surface area contributed by atoms with Gasteiger partial charge in [0.1, 0.15) is 5.52 Å². The highest BCUT2D eigenvalue weighted by molar-refractivity contribution is 7.99. The van der Waals surface area contributed by atoms with Crippen LogP contribution in [-0.2, 0) is 11.2 Å². The monoisotopic (exact) mass is 338 g/mol. The molecule has 1 amide bonds. The van der Waals surface area contributed by atoms with Gasteiger partial charge in [-0.05, 0) is 42.3 Å². The number of oxazole rings is 1. The van der Waals surface area contributed by atoms with Gasteiger partial charge in [-0.3, -0.25) is 9.59 Å².